The lowest BCUT2D eigenvalue weighted by Gasteiger charge is -2.17. The highest BCUT2D eigenvalue weighted by Crippen LogP contribution is 2.22. The number of rotatable bonds is 1. The Bertz CT molecular complexity index is 606. The van der Waals surface area contributed by atoms with Gasteiger partial charge in [0, 0.05) is 24.7 Å². The van der Waals surface area contributed by atoms with Gasteiger partial charge < -0.3 is 10.2 Å². The maximum absolute atomic E-state index is 12.2. The first kappa shape index (κ1) is 12.0. The Morgan fingerprint density at radius 3 is 3.00 bits per heavy atom. The van der Waals surface area contributed by atoms with Crippen LogP contribution in [-0.4, -0.2) is 29.0 Å². The lowest BCUT2D eigenvalue weighted by molar-refractivity contribution is 0.221. The number of urea groups is 1. The summed E-state index contributed by atoms with van der Waals surface area (Å²) in [6, 6.07) is 9.66. The summed E-state index contributed by atoms with van der Waals surface area (Å²) in [5.41, 5.74) is 1.73. The van der Waals surface area contributed by atoms with Gasteiger partial charge in [0.15, 0.2) is 0 Å². The van der Waals surface area contributed by atoms with E-state index >= 15 is 0 Å². The molecule has 1 unspecified atom stereocenters. The lowest BCUT2D eigenvalue weighted by atomic mass is 10.2. The van der Waals surface area contributed by atoms with E-state index in [9.17, 15) is 4.79 Å². The maximum atomic E-state index is 12.2. The van der Waals surface area contributed by atoms with E-state index in [2.05, 4.69) is 17.2 Å². The number of para-hydroxylation sites is 1. The van der Waals surface area contributed by atoms with Crippen molar-refractivity contribution in [1.29, 1.82) is 0 Å². The Balaban J connectivity index is 1.83. The van der Waals surface area contributed by atoms with Crippen molar-refractivity contribution >= 4 is 22.6 Å². The quantitative estimate of drug-likeness (QED) is 0.851. The second-order valence-corrected chi connectivity index (χ2v) is 5.15. The summed E-state index contributed by atoms with van der Waals surface area (Å²) in [7, 11) is 0. The fourth-order valence-corrected chi connectivity index (χ4v) is 2.52. The van der Waals surface area contributed by atoms with Gasteiger partial charge in [0.2, 0.25) is 0 Å². The summed E-state index contributed by atoms with van der Waals surface area (Å²) in [5.74, 6) is 0.597. The molecule has 0 saturated carbocycles. The molecule has 4 nitrogen and oxygen atoms in total. The van der Waals surface area contributed by atoms with Gasteiger partial charge >= 0.3 is 6.03 Å². The summed E-state index contributed by atoms with van der Waals surface area (Å²) in [4.78, 5) is 18.4. The first-order valence-electron chi connectivity index (χ1n) is 6.64. The number of benzene rings is 1. The summed E-state index contributed by atoms with van der Waals surface area (Å²) in [5, 5.41) is 3.97. The number of fused-ring (bicyclic) bond motifs is 1. The molecule has 98 valence electrons. The van der Waals surface area contributed by atoms with Gasteiger partial charge in [0.1, 0.15) is 0 Å². The molecule has 0 aliphatic carbocycles. The number of hydrogen-bond donors (Lipinski definition) is 1. The van der Waals surface area contributed by atoms with Crippen LogP contribution in [0.5, 0.6) is 0 Å². The number of carbonyl (C=O) groups excluding carboxylic acids is 1. The minimum absolute atomic E-state index is 0.0132. The van der Waals surface area contributed by atoms with Gasteiger partial charge in [-0.05, 0) is 24.5 Å². The highest BCUT2D eigenvalue weighted by molar-refractivity contribution is 6.00. The molecule has 1 N–H and O–H groups in total. The topological polar surface area (TPSA) is 45.2 Å². The van der Waals surface area contributed by atoms with Crippen molar-refractivity contribution in [3.63, 3.8) is 0 Å². The SMILES string of the molecule is CC1CCN(C(=O)Nc2ccnc3ccccc23)C1. The molecule has 1 saturated heterocycles. The second-order valence-electron chi connectivity index (χ2n) is 5.15. The van der Waals surface area contributed by atoms with E-state index in [0.717, 1.165) is 36.1 Å². The smallest absolute Gasteiger partial charge is 0.321 e. The predicted octanol–water partition coefficient (Wildman–Crippen LogP) is 3.11. The molecule has 2 heterocycles. The van der Waals surface area contributed by atoms with Crippen molar-refractivity contribution in [3.8, 4) is 0 Å². The van der Waals surface area contributed by atoms with E-state index in [1.165, 1.54) is 0 Å². The molecular weight excluding hydrogens is 238 g/mol. The zero-order valence-electron chi connectivity index (χ0n) is 11.0. The van der Waals surface area contributed by atoms with Crippen molar-refractivity contribution in [3.05, 3.63) is 36.5 Å². The van der Waals surface area contributed by atoms with Crippen LogP contribution in [0.15, 0.2) is 36.5 Å². The number of nitrogens with one attached hydrogen (secondary N) is 1. The van der Waals surface area contributed by atoms with Crippen molar-refractivity contribution in [2.45, 2.75) is 13.3 Å². The van der Waals surface area contributed by atoms with Crippen molar-refractivity contribution in [2.75, 3.05) is 18.4 Å². The van der Waals surface area contributed by atoms with Crippen molar-refractivity contribution in [2.24, 2.45) is 5.92 Å². The zero-order valence-corrected chi connectivity index (χ0v) is 11.0. The summed E-state index contributed by atoms with van der Waals surface area (Å²) >= 11 is 0. The van der Waals surface area contributed by atoms with Crippen LogP contribution in [0, 0.1) is 5.92 Å². The Hall–Kier alpha value is -2.10. The number of aromatic nitrogens is 1. The third-order valence-corrected chi connectivity index (χ3v) is 3.60. The van der Waals surface area contributed by atoms with E-state index < -0.39 is 0 Å². The van der Waals surface area contributed by atoms with Crippen molar-refractivity contribution in [1.82, 2.24) is 9.88 Å². The molecule has 1 aliphatic rings. The molecule has 0 radical (unpaired) electrons. The van der Waals surface area contributed by atoms with E-state index in [-0.39, 0.29) is 6.03 Å². The number of anilines is 1. The highest BCUT2D eigenvalue weighted by Gasteiger charge is 2.23. The number of likely N-dealkylation sites (tertiary alicyclic amines) is 1. The van der Waals surface area contributed by atoms with Gasteiger partial charge in [-0.25, -0.2) is 4.79 Å². The zero-order chi connectivity index (χ0) is 13.2. The highest BCUT2D eigenvalue weighted by atomic mass is 16.2. The Kier molecular flexibility index (Phi) is 3.07. The van der Waals surface area contributed by atoms with Crippen LogP contribution in [0.1, 0.15) is 13.3 Å². The molecule has 2 aromatic rings. The summed E-state index contributed by atoms with van der Waals surface area (Å²) in [6.45, 7) is 3.86. The third-order valence-electron chi connectivity index (χ3n) is 3.60. The molecule has 4 heteroatoms. The molecule has 1 aliphatic heterocycles. The lowest BCUT2D eigenvalue weighted by Crippen LogP contribution is -2.32. The normalized spacial score (nSPS) is 18.8. The van der Waals surface area contributed by atoms with Crippen LogP contribution in [0.25, 0.3) is 10.9 Å². The van der Waals surface area contributed by atoms with Crippen LogP contribution >= 0.6 is 0 Å². The van der Waals surface area contributed by atoms with Gasteiger partial charge in [-0.2, -0.15) is 0 Å². The number of pyridine rings is 1. The van der Waals surface area contributed by atoms with Crippen LogP contribution in [0.2, 0.25) is 0 Å². The first-order valence-corrected chi connectivity index (χ1v) is 6.64. The monoisotopic (exact) mass is 255 g/mol. The Labute approximate surface area is 112 Å². The minimum Gasteiger partial charge on any atom is -0.324 e. The third kappa shape index (κ3) is 2.38. The number of carbonyl (C=O) groups is 1. The second kappa shape index (κ2) is 4.88. The van der Waals surface area contributed by atoms with Gasteiger partial charge in [-0.15, -0.1) is 0 Å². The standard InChI is InChI=1S/C15H17N3O/c1-11-7-9-18(10-11)15(19)17-14-6-8-16-13-5-3-2-4-12(13)14/h2-6,8,11H,7,9-10H2,1H3,(H,16,17,19). The van der Waals surface area contributed by atoms with Crippen LogP contribution in [0.4, 0.5) is 10.5 Å². The molecule has 1 atom stereocenters. The fraction of sp³-hybridized carbons (Fsp3) is 0.333. The van der Waals surface area contributed by atoms with Gasteiger partial charge in [0.25, 0.3) is 0 Å². The maximum Gasteiger partial charge on any atom is 0.321 e. The number of nitrogens with zero attached hydrogens (tertiary/aromatic N) is 2. The fourth-order valence-electron chi connectivity index (χ4n) is 2.52. The van der Waals surface area contributed by atoms with E-state index in [0.29, 0.717) is 5.92 Å². The van der Waals surface area contributed by atoms with Crippen LogP contribution in [0.3, 0.4) is 0 Å². The predicted molar refractivity (Wildman–Crippen MR) is 76.1 cm³/mol. The average molecular weight is 255 g/mol. The Morgan fingerprint density at radius 1 is 1.37 bits per heavy atom. The van der Waals surface area contributed by atoms with Gasteiger partial charge in [-0.3, -0.25) is 4.98 Å². The Morgan fingerprint density at radius 2 is 2.21 bits per heavy atom. The van der Waals surface area contributed by atoms with E-state index in [4.69, 9.17) is 0 Å². The van der Waals surface area contributed by atoms with Crippen LogP contribution in [-0.2, 0) is 0 Å². The average Bonchev–Trinajstić information content (AvgIpc) is 2.86. The van der Waals surface area contributed by atoms with E-state index in [1.54, 1.807) is 6.20 Å². The van der Waals surface area contributed by atoms with Crippen molar-refractivity contribution < 1.29 is 4.79 Å². The number of amides is 2. The molecule has 19 heavy (non-hydrogen) atoms. The molecular formula is C15H17N3O. The van der Waals surface area contributed by atoms with Gasteiger partial charge in [0.05, 0.1) is 11.2 Å². The largest absolute Gasteiger partial charge is 0.324 e. The molecule has 0 bridgehead atoms. The molecule has 1 aromatic heterocycles. The molecule has 1 fully saturated rings. The number of hydrogen-bond acceptors (Lipinski definition) is 2. The molecule has 2 amide bonds. The molecule has 3 rings (SSSR count). The molecule has 1 aromatic carbocycles. The minimum atomic E-state index is -0.0132. The molecule has 0 spiro atoms. The summed E-state index contributed by atoms with van der Waals surface area (Å²) < 4.78 is 0. The van der Waals surface area contributed by atoms with E-state index in [1.807, 2.05) is 35.2 Å². The summed E-state index contributed by atoms with van der Waals surface area (Å²) in [6.07, 6.45) is 2.81. The van der Waals surface area contributed by atoms with Crippen LogP contribution < -0.4 is 5.32 Å². The first-order chi connectivity index (χ1) is 9.24. The van der Waals surface area contributed by atoms with Gasteiger partial charge in [-0.1, -0.05) is 25.1 Å².